The summed E-state index contributed by atoms with van der Waals surface area (Å²) in [5.41, 5.74) is 3.09. The van der Waals surface area contributed by atoms with Crippen molar-refractivity contribution in [2.75, 3.05) is 13.1 Å². The Labute approximate surface area is 118 Å². The highest BCUT2D eigenvalue weighted by Gasteiger charge is 2.31. The van der Waals surface area contributed by atoms with E-state index < -0.39 is 0 Å². The zero-order chi connectivity index (χ0) is 13.7. The van der Waals surface area contributed by atoms with Crippen LogP contribution in [0.4, 0.5) is 0 Å². The van der Waals surface area contributed by atoms with E-state index in [2.05, 4.69) is 50.4 Å². The van der Waals surface area contributed by atoms with E-state index in [1.807, 2.05) is 0 Å². The molecule has 1 saturated carbocycles. The van der Waals surface area contributed by atoms with Gasteiger partial charge >= 0.3 is 0 Å². The van der Waals surface area contributed by atoms with E-state index in [0.29, 0.717) is 0 Å². The summed E-state index contributed by atoms with van der Waals surface area (Å²) in [4.78, 5) is 0. The molecule has 0 radical (unpaired) electrons. The van der Waals surface area contributed by atoms with Crippen molar-refractivity contribution < 1.29 is 0 Å². The number of hydrogen-bond donors (Lipinski definition) is 1. The van der Waals surface area contributed by atoms with Crippen LogP contribution in [0, 0.1) is 11.8 Å². The van der Waals surface area contributed by atoms with Crippen LogP contribution in [0.1, 0.15) is 57.1 Å². The molecular formula is C18H29N. The summed E-state index contributed by atoms with van der Waals surface area (Å²) in [5, 5.41) is 3.63. The molecule has 1 heteroatoms. The van der Waals surface area contributed by atoms with E-state index in [1.54, 1.807) is 5.56 Å². The maximum absolute atomic E-state index is 3.63. The first kappa shape index (κ1) is 14.6. The first-order chi connectivity index (χ1) is 9.20. The van der Waals surface area contributed by atoms with E-state index >= 15 is 0 Å². The van der Waals surface area contributed by atoms with Crippen LogP contribution in [-0.2, 0) is 6.42 Å². The van der Waals surface area contributed by atoms with Crippen molar-refractivity contribution in [2.45, 2.75) is 52.4 Å². The van der Waals surface area contributed by atoms with E-state index in [9.17, 15) is 0 Å². The van der Waals surface area contributed by atoms with Crippen molar-refractivity contribution in [3.63, 3.8) is 0 Å². The Balaban J connectivity index is 1.89. The Morgan fingerprint density at radius 2 is 2.11 bits per heavy atom. The lowest BCUT2D eigenvalue weighted by Crippen LogP contribution is -2.35. The molecule has 2 atom stereocenters. The molecule has 2 unspecified atom stereocenters. The average Bonchev–Trinajstić information content (AvgIpc) is 2.34. The van der Waals surface area contributed by atoms with Crippen molar-refractivity contribution in [2.24, 2.45) is 11.8 Å². The van der Waals surface area contributed by atoms with Gasteiger partial charge in [-0.15, -0.1) is 0 Å². The van der Waals surface area contributed by atoms with Gasteiger partial charge in [0.05, 0.1) is 0 Å². The number of benzene rings is 1. The predicted octanol–water partition coefficient (Wildman–Crippen LogP) is 4.38. The molecule has 2 rings (SSSR count). The molecule has 1 aromatic rings. The predicted molar refractivity (Wildman–Crippen MR) is 83.6 cm³/mol. The zero-order valence-electron chi connectivity index (χ0n) is 12.8. The normalized spacial score (nSPS) is 22.5. The minimum atomic E-state index is 0.756. The van der Waals surface area contributed by atoms with Crippen LogP contribution in [0.5, 0.6) is 0 Å². The lowest BCUT2D eigenvalue weighted by Gasteiger charge is -2.37. The molecule has 1 nitrogen and oxygen atoms in total. The van der Waals surface area contributed by atoms with Crippen LogP contribution in [0.15, 0.2) is 24.3 Å². The molecule has 0 aromatic heterocycles. The molecular weight excluding hydrogens is 230 g/mol. The largest absolute Gasteiger partial charge is 0.316 e. The highest BCUT2D eigenvalue weighted by molar-refractivity contribution is 5.28. The third-order valence-corrected chi connectivity index (χ3v) is 4.29. The second-order valence-corrected chi connectivity index (χ2v) is 6.49. The second-order valence-electron chi connectivity index (χ2n) is 6.49. The number of rotatable bonds is 7. The van der Waals surface area contributed by atoms with Gasteiger partial charge in [-0.3, -0.25) is 0 Å². The van der Waals surface area contributed by atoms with Crippen molar-refractivity contribution in [3.8, 4) is 0 Å². The molecule has 1 aliphatic carbocycles. The fraction of sp³-hybridized carbons (Fsp3) is 0.667. The van der Waals surface area contributed by atoms with Crippen molar-refractivity contribution in [1.29, 1.82) is 0 Å². The topological polar surface area (TPSA) is 12.0 Å². The Morgan fingerprint density at radius 1 is 1.26 bits per heavy atom. The summed E-state index contributed by atoms with van der Waals surface area (Å²) in [6.07, 6.45) is 5.24. The molecule has 0 spiro atoms. The van der Waals surface area contributed by atoms with Crippen LogP contribution in [0.3, 0.4) is 0 Å². The Bertz CT molecular complexity index is 383. The van der Waals surface area contributed by atoms with Gasteiger partial charge in [0.15, 0.2) is 0 Å². The molecule has 1 aromatic carbocycles. The minimum absolute atomic E-state index is 0.756. The second kappa shape index (κ2) is 7.09. The summed E-state index contributed by atoms with van der Waals surface area (Å²) < 4.78 is 0. The quantitative estimate of drug-likeness (QED) is 0.766. The van der Waals surface area contributed by atoms with Crippen LogP contribution >= 0.6 is 0 Å². The molecule has 19 heavy (non-hydrogen) atoms. The van der Waals surface area contributed by atoms with Gasteiger partial charge in [0, 0.05) is 0 Å². The highest BCUT2D eigenvalue weighted by atomic mass is 14.9. The first-order valence-corrected chi connectivity index (χ1v) is 8.00. The molecule has 0 amide bonds. The van der Waals surface area contributed by atoms with Crippen molar-refractivity contribution in [1.82, 2.24) is 5.32 Å². The van der Waals surface area contributed by atoms with Crippen molar-refractivity contribution >= 4 is 0 Å². The Hall–Kier alpha value is -0.820. The first-order valence-electron chi connectivity index (χ1n) is 8.00. The third-order valence-electron chi connectivity index (χ3n) is 4.29. The summed E-state index contributed by atoms with van der Waals surface area (Å²) >= 11 is 0. The molecule has 1 N–H and O–H groups in total. The van der Waals surface area contributed by atoms with E-state index in [0.717, 1.165) is 24.3 Å². The monoisotopic (exact) mass is 259 g/mol. The van der Waals surface area contributed by atoms with Crippen molar-refractivity contribution in [3.05, 3.63) is 35.4 Å². The van der Waals surface area contributed by atoms with Gasteiger partial charge in [0.1, 0.15) is 0 Å². The third kappa shape index (κ3) is 4.07. The Morgan fingerprint density at radius 3 is 2.74 bits per heavy atom. The molecule has 1 aliphatic rings. The number of nitrogens with one attached hydrogen (secondary N) is 1. The van der Waals surface area contributed by atoms with E-state index in [1.165, 1.54) is 37.8 Å². The van der Waals surface area contributed by atoms with Crippen LogP contribution in [-0.4, -0.2) is 13.1 Å². The summed E-state index contributed by atoms with van der Waals surface area (Å²) in [5.74, 6) is 2.42. The van der Waals surface area contributed by atoms with E-state index in [-0.39, 0.29) is 0 Å². The molecule has 1 fully saturated rings. The lowest BCUT2D eigenvalue weighted by molar-refractivity contribution is 0.243. The van der Waals surface area contributed by atoms with Crippen LogP contribution < -0.4 is 5.32 Å². The minimum Gasteiger partial charge on any atom is -0.316 e. The molecule has 0 saturated heterocycles. The lowest BCUT2D eigenvalue weighted by atomic mass is 9.69. The fourth-order valence-electron chi connectivity index (χ4n) is 3.08. The standard InChI is InChI=1S/C18H29N/c1-4-6-15-7-5-8-16(11-15)18-10-9-17(18)13-19-12-14(2)3/h5,7-8,11,14,17-19H,4,6,9-10,12-13H2,1-3H3. The molecule has 0 aliphatic heterocycles. The Kier molecular flexibility index (Phi) is 5.45. The van der Waals surface area contributed by atoms with Gasteiger partial charge < -0.3 is 5.32 Å². The highest BCUT2D eigenvalue weighted by Crippen LogP contribution is 2.42. The fourth-order valence-corrected chi connectivity index (χ4v) is 3.08. The molecule has 0 bridgehead atoms. The van der Waals surface area contributed by atoms with Crippen LogP contribution in [0.2, 0.25) is 0 Å². The SMILES string of the molecule is CCCc1cccc(C2CCC2CNCC(C)C)c1. The van der Waals surface area contributed by atoms with Gasteiger partial charge in [-0.1, -0.05) is 51.5 Å². The van der Waals surface area contributed by atoms with Gasteiger partial charge in [-0.05, 0) is 61.2 Å². The molecule has 106 valence electrons. The maximum atomic E-state index is 3.63. The van der Waals surface area contributed by atoms with E-state index in [4.69, 9.17) is 0 Å². The zero-order valence-corrected chi connectivity index (χ0v) is 12.8. The number of hydrogen-bond acceptors (Lipinski definition) is 1. The summed E-state index contributed by atoms with van der Waals surface area (Å²) in [6.45, 7) is 9.16. The van der Waals surface area contributed by atoms with Gasteiger partial charge in [-0.25, -0.2) is 0 Å². The van der Waals surface area contributed by atoms with Gasteiger partial charge in [0.25, 0.3) is 0 Å². The van der Waals surface area contributed by atoms with Gasteiger partial charge in [0.2, 0.25) is 0 Å². The smallest absolute Gasteiger partial charge is 0.00146 e. The summed E-state index contributed by atoms with van der Waals surface area (Å²) in [7, 11) is 0. The van der Waals surface area contributed by atoms with Gasteiger partial charge in [-0.2, -0.15) is 0 Å². The molecule has 0 heterocycles. The number of aryl methyl sites for hydroxylation is 1. The average molecular weight is 259 g/mol. The maximum Gasteiger partial charge on any atom is -0.00146 e. The van der Waals surface area contributed by atoms with Crippen LogP contribution in [0.25, 0.3) is 0 Å². The summed E-state index contributed by atoms with van der Waals surface area (Å²) in [6, 6.07) is 9.30.